The van der Waals surface area contributed by atoms with Crippen molar-refractivity contribution >= 4 is 40.6 Å². The molecule has 0 atom stereocenters. The lowest BCUT2D eigenvalue weighted by atomic mass is 10.1. The van der Waals surface area contributed by atoms with Crippen molar-refractivity contribution in [3.05, 3.63) is 73.6 Å². The van der Waals surface area contributed by atoms with Gasteiger partial charge in [-0.3, -0.25) is 9.36 Å². The first-order valence-corrected chi connectivity index (χ1v) is 10.5. The Kier molecular flexibility index (Phi) is 5.81. The number of benzene rings is 2. The van der Waals surface area contributed by atoms with Crippen LogP contribution in [0.5, 0.6) is 0 Å². The van der Waals surface area contributed by atoms with E-state index in [1.807, 2.05) is 12.1 Å². The average molecular weight is 451 g/mol. The summed E-state index contributed by atoms with van der Waals surface area (Å²) < 4.78 is 2.94. The van der Waals surface area contributed by atoms with Crippen molar-refractivity contribution in [1.82, 2.24) is 14.3 Å². The van der Waals surface area contributed by atoms with Gasteiger partial charge >= 0.3 is 5.69 Å². The van der Waals surface area contributed by atoms with E-state index in [2.05, 4.69) is 5.10 Å². The molecule has 1 aliphatic carbocycles. The highest BCUT2D eigenvalue weighted by molar-refractivity contribution is 6.33. The van der Waals surface area contributed by atoms with E-state index in [1.54, 1.807) is 34.9 Å². The van der Waals surface area contributed by atoms with Gasteiger partial charge in [-0.05, 0) is 67.3 Å². The molecular formula is C21H18Cl3N3O2. The molecule has 1 aromatic heterocycles. The fourth-order valence-electron chi connectivity index (χ4n) is 3.24. The van der Waals surface area contributed by atoms with Crippen LogP contribution in [0.2, 0.25) is 15.1 Å². The number of halogens is 3. The van der Waals surface area contributed by atoms with Crippen LogP contribution >= 0.6 is 34.8 Å². The molecular weight excluding hydrogens is 433 g/mol. The molecule has 0 amide bonds. The number of carbonyl (C=O) groups is 1. The first-order valence-electron chi connectivity index (χ1n) is 9.33. The van der Waals surface area contributed by atoms with E-state index in [9.17, 15) is 9.59 Å². The minimum atomic E-state index is -0.258. The van der Waals surface area contributed by atoms with Crippen molar-refractivity contribution in [1.29, 1.82) is 0 Å². The maximum atomic E-state index is 12.9. The average Bonchev–Trinajstić information content (AvgIpc) is 3.48. The molecule has 0 unspecified atom stereocenters. The summed E-state index contributed by atoms with van der Waals surface area (Å²) in [4.78, 5) is 25.4. The van der Waals surface area contributed by atoms with Crippen LogP contribution in [0.4, 0.5) is 0 Å². The Morgan fingerprint density at radius 2 is 1.72 bits per heavy atom. The molecule has 0 spiro atoms. The lowest BCUT2D eigenvalue weighted by Crippen LogP contribution is -2.27. The van der Waals surface area contributed by atoms with E-state index in [0.29, 0.717) is 27.3 Å². The second-order valence-corrected chi connectivity index (χ2v) is 8.43. The molecule has 1 aliphatic rings. The fraction of sp³-hybridized carbons (Fsp3) is 0.286. The molecule has 8 heteroatoms. The van der Waals surface area contributed by atoms with E-state index >= 15 is 0 Å². The minimum Gasteiger partial charge on any atom is -0.298 e. The standard InChI is InChI=1S/C21H18Cl3N3O2/c22-15-4-1-13(2-5-15)20-25-26(21(29)27(20)17-7-8-17)12-18(28)9-3-14-11-16(23)6-10-19(14)24/h1-2,4-6,10-11,17H,3,7-9,12H2. The van der Waals surface area contributed by atoms with Crippen LogP contribution in [0.3, 0.4) is 0 Å². The summed E-state index contributed by atoms with van der Waals surface area (Å²) in [6.45, 7) is -0.0721. The smallest absolute Gasteiger partial charge is 0.298 e. The molecule has 0 aliphatic heterocycles. The number of rotatable bonds is 7. The van der Waals surface area contributed by atoms with Crippen LogP contribution in [-0.2, 0) is 17.8 Å². The fourth-order valence-corrected chi connectivity index (χ4v) is 3.77. The maximum Gasteiger partial charge on any atom is 0.346 e. The van der Waals surface area contributed by atoms with Gasteiger partial charge in [-0.15, -0.1) is 5.10 Å². The SMILES string of the molecule is O=C(CCc1cc(Cl)ccc1Cl)Cn1nc(-c2ccc(Cl)cc2)n(C2CC2)c1=O. The molecule has 1 fully saturated rings. The highest BCUT2D eigenvalue weighted by atomic mass is 35.5. The zero-order valence-corrected chi connectivity index (χ0v) is 17.7. The van der Waals surface area contributed by atoms with E-state index < -0.39 is 0 Å². The third-order valence-electron chi connectivity index (χ3n) is 4.89. The Labute approximate surface area is 182 Å². The predicted molar refractivity (Wildman–Crippen MR) is 115 cm³/mol. The number of carbonyl (C=O) groups excluding carboxylic acids is 1. The van der Waals surface area contributed by atoms with Gasteiger partial charge in [-0.2, -0.15) is 0 Å². The van der Waals surface area contributed by atoms with Crippen molar-refractivity contribution in [3.63, 3.8) is 0 Å². The number of hydrogen-bond donors (Lipinski definition) is 0. The highest BCUT2D eigenvalue weighted by Gasteiger charge is 2.30. The maximum absolute atomic E-state index is 12.9. The van der Waals surface area contributed by atoms with Gasteiger partial charge in [0.25, 0.3) is 0 Å². The Hall–Kier alpha value is -2.08. The van der Waals surface area contributed by atoms with Gasteiger partial charge in [0.05, 0.1) is 0 Å². The number of ketones is 1. The number of hydrogen-bond acceptors (Lipinski definition) is 3. The van der Waals surface area contributed by atoms with Crippen LogP contribution in [0.15, 0.2) is 47.3 Å². The first kappa shape index (κ1) is 20.2. The van der Waals surface area contributed by atoms with E-state index in [-0.39, 0.29) is 30.5 Å². The predicted octanol–water partition coefficient (Wildman–Crippen LogP) is 5.21. The summed E-state index contributed by atoms with van der Waals surface area (Å²) in [7, 11) is 0. The van der Waals surface area contributed by atoms with Gasteiger partial charge in [0, 0.05) is 33.1 Å². The van der Waals surface area contributed by atoms with Gasteiger partial charge < -0.3 is 0 Å². The molecule has 150 valence electrons. The number of aryl methyl sites for hydroxylation is 1. The molecule has 1 saturated carbocycles. The summed E-state index contributed by atoms with van der Waals surface area (Å²) in [6.07, 6.45) is 2.58. The molecule has 0 N–H and O–H groups in total. The Morgan fingerprint density at radius 1 is 1.03 bits per heavy atom. The zero-order chi connectivity index (χ0) is 20.5. The third kappa shape index (κ3) is 4.58. The molecule has 0 radical (unpaired) electrons. The summed E-state index contributed by atoms with van der Waals surface area (Å²) in [6, 6.07) is 12.5. The van der Waals surface area contributed by atoms with Crippen LogP contribution in [0.1, 0.15) is 30.9 Å². The van der Waals surface area contributed by atoms with Gasteiger partial charge in [-0.25, -0.2) is 9.48 Å². The van der Waals surface area contributed by atoms with Gasteiger partial charge in [-0.1, -0.05) is 34.8 Å². The zero-order valence-electron chi connectivity index (χ0n) is 15.4. The monoisotopic (exact) mass is 449 g/mol. The Morgan fingerprint density at radius 3 is 2.41 bits per heavy atom. The van der Waals surface area contributed by atoms with Gasteiger partial charge in [0.1, 0.15) is 6.54 Å². The Balaban J connectivity index is 1.53. The Bertz CT molecular complexity index is 1120. The molecule has 1 heterocycles. The van der Waals surface area contributed by atoms with Crippen molar-refractivity contribution < 1.29 is 4.79 Å². The van der Waals surface area contributed by atoms with E-state index in [0.717, 1.165) is 24.0 Å². The summed E-state index contributed by atoms with van der Waals surface area (Å²) >= 11 is 18.1. The summed E-state index contributed by atoms with van der Waals surface area (Å²) in [5, 5.41) is 6.21. The number of Topliss-reactive ketones (excluding diaryl/α,β-unsaturated/α-hetero) is 1. The quantitative estimate of drug-likeness (QED) is 0.496. The first-order chi connectivity index (χ1) is 13.9. The molecule has 5 nitrogen and oxygen atoms in total. The number of nitrogens with zero attached hydrogens (tertiary/aromatic N) is 3. The molecule has 3 aromatic rings. The summed E-state index contributed by atoms with van der Waals surface area (Å²) in [5.41, 5.74) is 1.35. The summed E-state index contributed by atoms with van der Waals surface area (Å²) in [5.74, 6) is 0.478. The molecule has 0 saturated heterocycles. The number of aromatic nitrogens is 3. The van der Waals surface area contributed by atoms with Crippen LogP contribution in [0, 0.1) is 0 Å². The van der Waals surface area contributed by atoms with Gasteiger partial charge in [0.15, 0.2) is 11.6 Å². The normalized spacial score (nSPS) is 13.6. The van der Waals surface area contributed by atoms with Crippen LogP contribution in [-0.4, -0.2) is 20.1 Å². The van der Waals surface area contributed by atoms with Crippen LogP contribution in [0.25, 0.3) is 11.4 Å². The van der Waals surface area contributed by atoms with E-state index in [4.69, 9.17) is 34.8 Å². The van der Waals surface area contributed by atoms with Crippen molar-refractivity contribution in [3.8, 4) is 11.4 Å². The highest BCUT2D eigenvalue weighted by Crippen LogP contribution is 2.36. The van der Waals surface area contributed by atoms with Crippen LogP contribution < -0.4 is 5.69 Å². The largest absolute Gasteiger partial charge is 0.346 e. The second-order valence-electron chi connectivity index (χ2n) is 7.15. The molecule has 29 heavy (non-hydrogen) atoms. The topological polar surface area (TPSA) is 56.9 Å². The molecule has 0 bridgehead atoms. The van der Waals surface area contributed by atoms with Crippen molar-refractivity contribution in [2.75, 3.05) is 0 Å². The minimum absolute atomic E-state index is 0.0721. The van der Waals surface area contributed by atoms with Crippen molar-refractivity contribution in [2.45, 2.75) is 38.3 Å². The lowest BCUT2D eigenvalue weighted by Gasteiger charge is -2.04. The van der Waals surface area contributed by atoms with E-state index in [1.165, 1.54) is 4.68 Å². The van der Waals surface area contributed by atoms with Crippen molar-refractivity contribution in [2.24, 2.45) is 0 Å². The third-order valence-corrected chi connectivity index (χ3v) is 5.75. The van der Waals surface area contributed by atoms with Gasteiger partial charge in [0.2, 0.25) is 0 Å². The molecule has 4 rings (SSSR count). The lowest BCUT2D eigenvalue weighted by molar-refractivity contribution is -0.119. The molecule has 2 aromatic carbocycles. The second kappa shape index (κ2) is 8.34.